The van der Waals surface area contributed by atoms with Gasteiger partial charge in [0.1, 0.15) is 17.6 Å². The number of ether oxygens (including phenoxy) is 1. The first-order valence-corrected chi connectivity index (χ1v) is 13.6. The molecule has 1 amide bonds. The summed E-state index contributed by atoms with van der Waals surface area (Å²) in [6, 6.07) is -0.985. The minimum Gasteiger partial charge on any atom is -0.434 e. The Bertz CT molecular complexity index is 1170. The third kappa shape index (κ3) is 9.11. The lowest BCUT2D eigenvalue weighted by atomic mass is 9.83. The lowest BCUT2D eigenvalue weighted by molar-refractivity contribution is -0.142. The second-order valence-electron chi connectivity index (χ2n) is 9.32. The largest absolute Gasteiger partial charge is 0.434 e. The van der Waals surface area contributed by atoms with E-state index in [1.165, 1.54) is 11.6 Å². The average Bonchev–Trinajstić information content (AvgIpc) is 3.22. The van der Waals surface area contributed by atoms with Crippen molar-refractivity contribution >= 4 is 34.9 Å². The normalized spacial score (nSPS) is 17.9. The van der Waals surface area contributed by atoms with E-state index in [2.05, 4.69) is 32.4 Å². The first-order chi connectivity index (χ1) is 18.9. The summed E-state index contributed by atoms with van der Waals surface area (Å²) in [5.74, 6) is -0.238. The fourth-order valence-electron chi connectivity index (χ4n) is 4.41. The quantitative estimate of drug-likeness (QED) is 0.322. The van der Waals surface area contributed by atoms with E-state index in [0.717, 1.165) is 37.9 Å². The van der Waals surface area contributed by atoms with Crippen LogP contribution in [0.15, 0.2) is 12.3 Å². The third-order valence-corrected chi connectivity index (χ3v) is 6.92. The summed E-state index contributed by atoms with van der Waals surface area (Å²) in [5, 5.41) is 9.21. The molecule has 40 heavy (non-hydrogen) atoms. The Morgan fingerprint density at radius 1 is 1.23 bits per heavy atom. The van der Waals surface area contributed by atoms with Gasteiger partial charge in [-0.15, -0.1) is 0 Å². The summed E-state index contributed by atoms with van der Waals surface area (Å²) in [6.07, 6.45) is 0.426. The molecule has 0 radical (unpaired) electrons. The predicted molar refractivity (Wildman–Crippen MR) is 139 cm³/mol. The minimum absolute atomic E-state index is 0.0365. The van der Waals surface area contributed by atoms with Crippen LogP contribution in [0, 0.1) is 11.8 Å². The number of halogens is 6. The highest BCUT2D eigenvalue weighted by molar-refractivity contribution is 7.51. The van der Waals surface area contributed by atoms with Crippen LogP contribution in [0.1, 0.15) is 63.4 Å². The Labute approximate surface area is 236 Å². The van der Waals surface area contributed by atoms with E-state index in [-0.39, 0.29) is 40.8 Å². The standard InChI is InChI=1S/C24H31ClF5N5O2.O2S/c1-4-17(24(28,29)30)33-18-10-16(37-23(26)27)15(12-31-18)21-19(25)20(34-35(21)5-2)22(36)32-11-14-8-6-13(3)7-9-14;1-3-2/h10,12-14,17,23H,4-9,11H2,1-3H3,(H,31,33)(H,32,36);/t13?,14?,17-;/m0./s1. The van der Waals surface area contributed by atoms with Gasteiger partial charge in [0.25, 0.3) is 5.91 Å². The maximum absolute atomic E-state index is 13.2. The molecule has 1 aliphatic carbocycles. The van der Waals surface area contributed by atoms with Gasteiger partial charge < -0.3 is 15.4 Å². The summed E-state index contributed by atoms with van der Waals surface area (Å²) < 4.78 is 88.5. The Morgan fingerprint density at radius 3 is 2.38 bits per heavy atom. The molecule has 3 rings (SSSR count). The molecule has 0 spiro atoms. The van der Waals surface area contributed by atoms with Crippen LogP contribution >= 0.6 is 11.6 Å². The van der Waals surface area contributed by atoms with E-state index in [0.29, 0.717) is 18.4 Å². The van der Waals surface area contributed by atoms with E-state index < -0.39 is 42.1 Å². The first-order valence-electron chi connectivity index (χ1n) is 12.6. The number of carbonyl (C=O) groups is 1. The number of aryl methyl sites for hydroxylation is 1. The van der Waals surface area contributed by atoms with Gasteiger partial charge in [-0.05, 0) is 38.0 Å². The fourth-order valence-corrected chi connectivity index (χ4v) is 4.73. The van der Waals surface area contributed by atoms with Crippen molar-refractivity contribution in [2.24, 2.45) is 11.8 Å². The number of aromatic nitrogens is 3. The Morgan fingerprint density at radius 2 is 1.85 bits per heavy atom. The van der Waals surface area contributed by atoms with Gasteiger partial charge in [0.05, 0.1) is 16.3 Å². The Balaban J connectivity index is 0.00000178. The molecular weight excluding hydrogens is 585 g/mol. The summed E-state index contributed by atoms with van der Waals surface area (Å²) >= 11 is 5.76. The number of nitrogens with one attached hydrogen (secondary N) is 2. The highest BCUT2D eigenvalue weighted by Gasteiger charge is 2.38. The van der Waals surface area contributed by atoms with Crippen LogP contribution in [0.4, 0.5) is 27.8 Å². The van der Waals surface area contributed by atoms with Gasteiger partial charge in [-0.2, -0.15) is 35.5 Å². The zero-order valence-corrected chi connectivity index (χ0v) is 23.6. The van der Waals surface area contributed by atoms with Crippen LogP contribution in [0.5, 0.6) is 5.75 Å². The molecule has 0 aliphatic heterocycles. The zero-order chi connectivity index (χ0) is 30.0. The fraction of sp³-hybridized carbons (Fsp3) is 0.625. The first kappa shape index (κ1) is 33.4. The maximum atomic E-state index is 13.2. The summed E-state index contributed by atoms with van der Waals surface area (Å²) in [6.45, 7) is 2.67. The molecule has 1 fully saturated rings. The lowest BCUT2D eigenvalue weighted by Gasteiger charge is -2.26. The number of amides is 1. The second-order valence-corrected chi connectivity index (χ2v) is 9.84. The molecule has 0 unspecified atom stereocenters. The van der Waals surface area contributed by atoms with Gasteiger partial charge in [0, 0.05) is 25.4 Å². The van der Waals surface area contributed by atoms with Crippen LogP contribution in [0.2, 0.25) is 5.02 Å². The van der Waals surface area contributed by atoms with Crippen molar-refractivity contribution in [2.45, 2.75) is 78.2 Å². The number of alkyl halides is 5. The van der Waals surface area contributed by atoms with Gasteiger partial charge in [-0.3, -0.25) is 9.48 Å². The molecule has 2 heterocycles. The van der Waals surface area contributed by atoms with Gasteiger partial charge in [-0.1, -0.05) is 38.3 Å². The topological polar surface area (TPSA) is 115 Å². The van der Waals surface area contributed by atoms with Gasteiger partial charge in [0.15, 0.2) is 5.69 Å². The van der Waals surface area contributed by atoms with E-state index in [1.807, 2.05) is 0 Å². The van der Waals surface area contributed by atoms with Crippen molar-refractivity contribution < 1.29 is 39.9 Å². The molecular formula is C24H31ClF5N5O4S. The predicted octanol–water partition coefficient (Wildman–Crippen LogP) is 5.86. The van der Waals surface area contributed by atoms with Crippen molar-refractivity contribution in [3.8, 4) is 17.0 Å². The Hall–Kier alpha value is -2.81. The minimum atomic E-state index is -4.57. The second kappa shape index (κ2) is 15.3. The van der Waals surface area contributed by atoms with Crippen molar-refractivity contribution in [1.29, 1.82) is 0 Å². The van der Waals surface area contributed by atoms with Crippen molar-refractivity contribution in [1.82, 2.24) is 20.1 Å². The number of anilines is 1. The van der Waals surface area contributed by atoms with Gasteiger partial charge in [0.2, 0.25) is 0 Å². The average molecular weight is 616 g/mol. The molecule has 2 aromatic heterocycles. The SMILES string of the molecule is CC[C@H](Nc1cc(OC(F)F)c(-c2c(Cl)c(C(=O)NCC3CCC(C)CC3)nn2CC)cn1)C(F)(F)F.O=S=O. The monoisotopic (exact) mass is 615 g/mol. The van der Waals surface area contributed by atoms with Crippen LogP contribution in [-0.2, 0) is 18.1 Å². The molecule has 0 aromatic carbocycles. The smallest absolute Gasteiger partial charge is 0.408 e. The van der Waals surface area contributed by atoms with Crippen molar-refractivity contribution in [3.63, 3.8) is 0 Å². The lowest BCUT2D eigenvalue weighted by Crippen LogP contribution is -2.35. The van der Waals surface area contributed by atoms with Crippen LogP contribution in [0.3, 0.4) is 0 Å². The molecule has 1 saturated carbocycles. The van der Waals surface area contributed by atoms with Crippen LogP contribution in [-0.4, -0.2) is 54.5 Å². The van der Waals surface area contributed by atoms with Crippen LogP contribution < -0.4 is 15.4 Å². The number of pyridine rings is 1. The summed E-state index contributed by atoms with van der Waals surface area (Å²) in [7, 11) is 0. The molecule has 1 atom stereocenters. The van der Waals surface area contributed by atoms with Gasteiger partial charge in [-0.25, -0.2) is 4.98 Å². The van der Waals surface area contributed by atoms with Crippen LogP contribution in [0.25, 0.3) is 11.3 Å². The number of nitrogens with zero attached hydrogens (tertiary/aromatic N) is 3. The molecule has 2 N–H and O–H groups in total. The molecule has 1 aliphatic rings. The number of hydrogen-bond acceptors (Lipinski definition) is 7. The third-order valence-electron chi connectivity index (χ3n) is 6.56. The molecule has 224 valence electrons. The summed E-state index contributed by atoms with van der Waals surface area (Å²) in [4.78, 5) is 16.9. The summed E-state index contributed by atoms with van der Waals surface area (Å²) in [5.41, 5.74) is -0.0278. The van der Waals surface area contributed by atoms with E-state index in [1.54, 1.807) is 6.92 Å². The molecule has 9 nitrogen and oxygen atoms in total. The molecule has 16 heteroatoms. The van der Waals surface area contributed by atoms with E-state index >= 15 is 0 Å². The Kier molecular flexibility index (Phi) is 12.7. The van der Waals surface area contributed by atoms with Gasteiger partial charge >= 0.3 is 24.4 Å². The van der Waals surface area contributed by atoms with E-state index in [9.17, 15) is 26.7 Å². The zero-order valence-electron chi connectivity index (χ0n) is 22.1. The molecule has 0 saturated heterocycles. The highest BCUT2D eigenvalue weighted by atomic mass is 35.5. The number of carbonyl (C=O) groups excluding carboxylic acids is 1. The number of rotatable bonds is 10. The highest BCUT2D eigenvalue weighted by Crippen LogP contribution is 2.39. The van der Waals surface area contributed by atoms with Crippen molar-refractivity contribution in [2.75, 3.05) is 11.9 Å². The van der Waals surface area contributed by atoms with E-state index in [4.69, 9.17) is 20.0 Å². The maximum Gasteiger partial charge on any atom is 0.408 e. The molecule has 2 aromatic rings. The molecule has 0 bridgehead atoms. The number of hydrogen-bond donors (Lipinski definition) is 2. The van der Waals surface area contributed by atoms with Crippen molar-refractivity contribution in [3.05, 3.63) is 23.0 Å².